The summed E-state index contributed by atoms with van der Waals surface area (Å²) in [6.45, 7) is 0.145. The first-order valence-corrected chi connectivity index (χ1v) is 7.30. The molecule has 0 aliphatic rings. The quantitative estimate of drug-likeness (QED) is 0.762. The Hall–Kier alpha value is -2.42. The average Bonchev–Trinajstić information content (AvgIpc) is 2.62. The summed E-state index contributed by atoms with van der Waals surface area (Å²) < 4.78 is 0. The fourth-order valence-electron chi connectivity index (χ4n) is 2.46. The van der Waals surface area contributed by atoms with E-state index in [9.17, 15) is 0 Å². The number of rotatable bonds is 4. The molecule has 0 atom stereocenters. The molecule has 0 aliphatic carbocycles. The Bertz CT molecular complexity index is 660. The van der Waals surface area contributed by atoms with E-state index in [1.807, 2.05) is 48.5 Å². The Morgan fingerprint density at radius 2 is 0.636 bits per heavy atom. The van der Waals surface area contributed by atoms with E-state index in [4.69, 9.17) is 10.2 Å². The van der Waals surface area contributed by atoms with Gasteiger partial charge in [-0.05, 0) is 33.4 Å². The van der Waals surface area contributed by atoms with Crippen LogP contribution < -0.4 is 0 Å². The summed E-state index contributed by atoms with van der Waals surface area (Å²) in [5, 5.41) is 18.2. The minimum atomic E-state index is 0.0725. The second-order valence-electron chi connectivity index (χ2n) is 5.29. The molecule has 0 heterocycles. The lowest BCUT2D eigenvalue weighted by Gasteiger charge is -2.06. The molecule has 0 saturated carbocycles. The van der Waals surface area contributed by atoms with Crippen molar-refractivity contribution in [3.8, 4) is 22.3 Å². The van der Waals surface area contributed by atoms with Gasteiger partial charge in [0.2, 0.25) is 0 Å². The van der Waals surface area contributed by atoms with E-state index in [0.29, 0.717) is 0 Å². The van der Waals surface area contributed by atoms with Gasteiger partial charge in [0.1, 0.15) is 0 Å². The third kappa shape index (κ3) is 3.08. The van der Waals surface area contributed by atoms with Gasteiger partial charge in [0.05, 0.1) is 13.2 Å². The van der Waals surface area contributed by atoms with E-state index < -0.39 is 0 Å². The number of hydrogen-bond donors (Lipinski definition) is 2. The first kappa shape index (κ1) is 14.5. The molecule has 3 rings (SSSR count). The third-order valence-electron chi connectivity index (χ3n) is 3.82. The zero-order valence-electron chi connectivity index (χ0n) is 12.2. The molecule has 0 aliphatic heterocycles. The van der Waals surface area contributed by atoms with Gasteiger partial charge in [-0.1, -0.05) is 72.8 Å². The van der Waals surface area contributed by atoms with Gasteiger partial charge in [-0.15, -0.1) is 0 Å². The second-order valence-corrected chi connectivity index (χ2v) is 5.29. The Morgan fingerprint density at radius 3 is 0.864 bits per heavy atom. The topological polar surface area (TPSA) is 40.5 Å². The molecular weight excluding hydrogens is 272 g/mol. The maximum absolute atomic E-state index is 9.08. The molecule has 0 amide bonds. The summed E-state index contributed by atoms with van der Waals surface area (Å²) in [5.41, 5.74) is 6.42. The van der Waals surface area contributed by atoms with Gasteiger partial charge in [0, 0.05) is 0 Å². The molecule has 110 valence electrons. The van der Waals surface area contributed by atoms with Gasteiger partial charge in [-0.25, -0.2) is 0 Å². The highest BCUT2D eigenvalue weighted by Gasteiger charge is 2.01. The average molecular weight is 290 g/mol. The summed E-state index contributed by atoms with van der Waals surface area (Å²) in [4.78, 5) is 0. The van der Waals surface area contributed by atoms with Crippen LogP contribution in [0.2, 0.25) is 0 Å². The van der Waals surface area contributed by atoms with Crippen LogP contribution in [0.1, 0.15) is 11.1 Å². The van der Waals surface area contributed by atoms with Crippen LogP contribution in [0.25, 0.3) is 22.3 Å². The van der Waals surface area contributed by atoms with Crippen molar-refractivity contribution in [1.82, 2.24) is 0 Å². The monoisotopic (exact) mass is 290 g/mol. The lowest BCUT2D eigenvalue weighted by molar-refractivity contribution is 0.281. The van der Waals surface area contributed by atoms with Crippen molar-refractivity contribution in [2.75, 3.05) is 0 Å². The van der Waals surface area contributed by atoms with Crippen LogP contribution in [0.15, 0.2) is 72.8 Å². The van der Waals surface area contributed by atoms with Crippen molar-refractivity contribution in [3.63, 3.8) is 0 Å². The SMILES string of the molecule is OCc1ccc(-c2ccc(-c3ccc(CO)cc3)cc2)cc1. The molecule has 0 saturated heterocycles. The highest BCUT2D eigenvalue weighted by Crippen LogP contribution is 2.25. The van der Waals surface area contributed by atoms with Crippen LogP contribution in [0.5, 0.6) is 0 Å². The van der Waals surface area contributed by atoms with Gasteiger partial charge in [-0.3, -0.25) is 0 Å². The van der Waals surface area contributed by atoms with Crippen molar-refractivity contribution in [1.29, 1.82) is 0 Å². The molecule has 22 heavy (non-hydrogen) atoms. The maximum atomic E-state index is 9.08. The fourth-order valence-corrected chi connectivity index (χ4v) is 2.46. The zero-order chi connectivity index (χ0) is 15.4. The number of aliphatic hydroxyl groups is 2. The minimum Gasteiger partial charge on any atom is -0.392 e. The van der Waals surface area contributed by atoms with Crippen LogP contribution in [0.4, 0.5) is 0 Å². The Kier molecular flexibility index (Phi) is 4.33. The predicted molar refractivity (Wildman–Crippen MR) is 89.2 cm³/mol. The lowest BCUT2D eigenvalue weighted by Crippen LogP contribution is -1.85. The van der Waals surface area contributed by atoms with Crippen molar-refractivity contribution in [2.45, 2.75) is 13.2 Å². The van der Waals surface area contributed by atoms with Crippen molar-refractivity contribution >= 4 is 0 Å². The van der Waals surface area contributed by atoms with Crippen LogP contribution >= 0.6 is 0 Å². The molecule has 0 fully saturated rings. The number of hydrogen-bond acceptors (Lipinski definition) is 2. The number of aliphatic hydroxyl groups excluding tert-OH is 2. The minimum absolute atomic E-state index is 0.0725. The van der Waals surface area contributed by atoms with Gasteiger partial charge in [0.25, 0.3) is 0 Å². The molecule has 0 bridgehead atoms. The first-order valence-electron chi connectivity index (χ1n) is 7.30. The molecule has 0 aromatic heterocycles. The van der Waals surface area contributed by atoms with Crippen LogP contribution in [0, 0.1) is 0 Å². The highest BCUT2D eigenvalue weighted by atomic mass is 16.3. The molecule has 2 N–H and O–H groups in total. The van der Waals surface area contributed by atoms with E-state index in [1.165, 1.54) is 0 Å². The van der Waals surface area contributed by atoms with Gasteiger partial charge >= 0.3 is 0 Å². The summed E-state index contributed by atoms with van der Waals surface area (Å²) in [6, 6.07) is 24.3. The van der Waals surface area contributed by atoms with E-state index in [2.05, 4.69) is 24.3 Å². The van der Waals surface area contributed by atoms with Crippen LogP contribution in [0.3, 0.4) is 0 Å². The zero-order valence-corrected chi connectivity index (χ0v) is 12.2. The smallest absolute Gasteiger partial charge is 0.0681 e. The van der Waals surface area contributed by atoms with E-state index >= 15 is 0 Å². The van der Waals surface area contributed by atoms with Crippen molar-refractivity contribution in [2.24, 2.45) is 0 Å². The molecule has 0 radical (unpaired) electrons. The van der Waals surface area contributed by atoms with Crippen molar-refractivity contribution < 1.29 is 10.2 Å². The van der Waals surface area contributed by atoms with Crippen LogP contribution in [-0.2, 0) is 13.2 Å². The van der Waals surface area contributed by atoms with E-state index in [0.717, 1.165) is 33.4 Å². The Balaban J connectivity index is 1.84. The molecular formula is C20H18O2. The summed E-state index contributed by atoms with van der Waals surface area (Å²) >= 11 is 0. The maximum Gasteiger partial charge on any atom is 0.0681 e. The van der Waals surface area contributed by atoms with Crippen LogP contribution in [-0.4, -0.2) is 10.2 Å². The van der Waals surface area contributed by atoms with Gasteiger partial charge < -0.3 is 10.2 Å². The first-order chi connectivity index (χ1) is 10.8. The van der Waals surface area contributed by atoms with Crippen molar-refractivity contribution in [3.05, 3.63) is 83.9 Å². The molecule has 2 nitrogen and oxygen atoms in total. The molecule has 0 unspecified atom stereocenters. The van der Waals surface area contributed by atoms with E-state index in [1.54, 1.807) is 0 Å². The number of benzene rings is 3. The highest BCUT2D eigenvalue weighted by molar-refractivity contribution is 5.70. The second kappa shape index (κ2) is 6.56. The normalized spacial score (nSPS) is 10.6. The molecule has 2 heteroatoms. The third-order valence-corrected chi connectivity index (χ3v) is 3.82. The molecule has 3 aromatic carbocycles. The lowest BCUT2D eigenvalue weighted by atomic mass is 9.99. The summed E-state index contributed by atoms with van der Waals surface area (Å²) in [6.07, 6.45) is 0. The Labute approximate surface area is 130 Å². The molecule has 3 aromatic rings. The summed E-state index contributed by atoms with van der Waals surface area (Å²) in [7, 11) is 0. The standard InChI is InChI=1S/C20H18O2/c21-13-15-1-5-17(6-2-15)19-9-11-20(12-10-19)18-7-3-16(14-22)4-8-18/h1-12,21-22H,13-14H2. The van der Waals surface area contributed by atoms with Gasteiger partial charge in [-0.2, -0.15) is 0 Å². The van der Waals surface area contributed by atoms with E-state index in [-0.39, 0.29) is 13.2 Å². The predicted octanol–water partition coefficient (Wildman–Crippen LogP) is 4.01. The largest absolute Gasteiger partial charge is 0.392 e. The summed E-state index contributed by atoms with van der Waals surface area (Å²) in [5.74, 6) is 0. The van der Waals surface area contributed by atoms with Gasteiger partial charge in [0.15, 0.2) is 0 Å². The fraction of sp³-hybridized carbons (Fsp3) is 0.100. The molecule has 0 spiro atoms. The Morgan fingerprint density at radius 1 is 0.409 bits per heavy atom.